The largest absolute Gasteiger partial charge is 0.334 e. The molecule has 1 heterocycles. The first kappa shape index (κ1) is 14.2. The molecule has 1 N–H and O–H groups in total. The van der Waals surface area contributed by atoms with Crippen LogP contribution in [0.25, 0.3) is 0 Å². The van der Waals surface area contributed by atoms with E-state index in [9.17, 15) is 0 Å². The molecule has 0 aliphatic carbocycles. The predicted molar refractivity (Wildman–Crippen MR) is 94.5 cm³/mol. The van der Waals surface area contributed by atoms with E-state index in [1.54, 1.807) is 11.8 Å². The van der Waals surface area contributed by atoms with Crippen LogP contribution in [0.1, 0.15) is 11.6 Å². The van der Waals surface area contributed by atoms with Gasteiger partial charge in [0.2, 0.25) is 0 Å². The Kier molecular flexibility index (Phi) is 4.48. The number of anilines is 1. The third kappa shape index (κ3) is 3.27. The van der Waals surface area contributed by atoms with E-state index in [2.05, 4.69) is 61.4 Å². The van der Waals surface area contributed by atoms with Crippen LogP contribution in [0.4, 0.5) is 5.69 Å². The van der Waals surface area contributed by atoms with Crippen molar-refractivity contribution < 1.29 is 0 Å². The van der Waals surface area contributed by atoms with Crippen LogP contribution in [0.5, 0.6) is 0 Å². The summed E-state index contributed by atoms with van der Waals surface area (Å²) in [7, 11) is 0. The minimum atomic E-state index is 0.245. The zero-order chi connectivity index (χ0) is 13.9. The highest BCUT2D eigenvalue weighted by Crippen LogP contribution is 2.33. The van der Waals surface area contributed by atoms with Gasteiger partial charge in [-0.15, -0.1) is 0 Å². The highest BCUT2D eigenvalue weighted by atomic mass is 79.9. The van der Waals surface area contributed by atoms with Gasteiger partial charge in [0.15, 0.2) is 5.17 Å². The summed E-state index contributed by atoms with van der Waals surface area (Å²) in [6.07, 6.45) is 0. The summed E-state index contributed by atoms with van der Waals surface area (Å²) in [4.78, 5) is 4.76. The standard InChI is InChI=1S/C15H12Br2N2S/c16-11-6-7-12(17)13(8-11)18-15-19-14(9-20-15)10-4-2-1-3-5-10/h1-8,14H,9H2,(H,18,19). The Balaban J connectivity index is 1.77. The normalized spacial score (nSPS) is 17.9. The fourth-order valence-electron chi connectivity index (χ4n) is 2.00. The van der Waals surface area contributed by atoms with Gasteiger partial charge in [0.25, 0.3) is 0 Å². The minimum absolute atomic E-state index is 0.245. The molecule has 0 saturated heterocycles. The number of halogens is 2. The van der Waals surface area contributed by atoms with E-state index < -0.39 is 0 Å². The van der Waals surface area contributed by atoms with E-state index in [4.69, 9.17) is 4.99 Å². The molecule has 0 spiro atoms. The van der Waals surface area contributed by atoms with Crippen LogP contribution in [-0.2, 0) is 0 Å². The lowest BCUT2D eigenvalue weighted by Gasteiger charge is -2.07. The van der Waals surface area contributed by atoms with E-state index in [0.717, 1.165) is 25.6 Å². The number of rotatable bonds is 2. The van der Waals surface area contributed by atoms with E-state index >= 15 is 0 Å². The summed E-state index contributed by atoms with van der Waals surface area (Å²) < 4.78 is 2.08. The summed E-state index contributed by atoms with van der Waals surface area (Å²) in [5.74, 6) is 0.984. The van der Waals surface area contributed by atoms with Crippen LogP contribution in [0.3, 0.4) is 0 Å². The van der Waals surface area contributed by atoms with Gasteiger partial charge in [-0.25, -0.2) is 0 Å². The molecule has 2 aromatic rings. The van der Waals surface area contributed by atoms with Crippen molar-refractivity contribution in [3.05, 3.63) is 63.0 Å². The average Bonchev–Trinajstić information content (AvgIpc) is 2.92. The van der Waals surface area contributed by atoms with Crippen LogP contribution in [-0.4, -0.2) is 10.9 Å². The number of thioether (sulfide) groups is 1. The topological polar surface area (TPSA) is 24.4 Å². The summed E-state index contributed by atoms with van der Waals surface area (Å²) >= 11 is 8.79. The molecular weight excluding hydrogens is 400 g/mol. The highest BCUT2D eigenvalue weighted by Gasteiger charge is 2.20. The molecule has 1 aliphatic heterocycles. The molecule has 3 rings (SSSR count). The fraction of sp³-hybridized carbons (Fsp3) is 0.133. The molecule has 0 radical (unpaired) electrons. The van der Waals surface area contributed by atoms with Crippen LogP contribution < -0.4 is 5.32 Å². The quantitative estimate of drug-likeness (QED) is 0.708. The first-order chi connectivity index (χ1) is 9.72. The minimum Gasteiger partial charge on any atom is -0.334 e. The van der Waals surface area contributed by atoms with Crippen molar-refractivity contribution >= 4 is 54.5 Å². The maximum atomic E-state index is 4.76. The lowest BCUT2D eigenvalue weighted by Crippen LogP contribution is -2.05. The van der Waals surface area contributed by atoms with Crippen molar-refractivity contribution in [2.24, 2.45) is 4.99 Å². The van der Waals surface area contributed by atoms with Crippen molar-refractivity contribution in [1.82, 2.24) is 0 Å². The number of hydrogen-bond acceptors (Lipinski definition) is 3. The molecule has 102 valence electrons. The summed E-state index contributed by atoms with van der Waals surface area (Å²) in [6.45, 7) is 0. The first-order valence-electron chi connectivity index (χ1n) is 6.20. The van der Waals surface area contributed by atoms with Gasteiger partial charge >= 0.3 is 0 Å². The fourth-order valence-corrected chi connectivity index (χ4v) is 3.67. The third-order valence-corrected chi connectivity index (χ3v) is 5.15. The van der Waals surface area contributed by atoms with Gasteiger partial charge in [0.05, 0.1) is 11.7 Å². The second-order valence-electron chi connectivity index (χ2n) is 4.42. The second kappa shape index (κ2) is 6.33. The van der Waals surface area contributed by atoms with E-state index in [1.807, 2.05) is 24.3 Å². The Hall–Kier alpha value is -0.780. The van der Waals surface area contributed by atoms with Crippen molar-refractivity contribution in [3.8, 4) is 0 Å². The van der Waals surface area contributed by atoms with Crippen molar-refractivity contribution in [2.45, 2.75) is 6.04 Å². The third-order valence-electron chi connectivity index (χ3n) is 3.01. The summed E-state index contributed by atoms with van der Waals surface area (Å²) in [6, 6.07) is 16.7. The zero-order valence-corrected chi connectivity index (χ0v) is 14.5. The predicted octanol–water partition coefficient (Wildman–Crippen LogP) is 5.47. The molecule has 0 fully saturated rings. The molecule has 2 nitrogen and oxygen atoms in total. The van der Waals surface area contributed by atoms with Gasteiger partial charge in [-0.2, -0.15) is 0 Å². The van der Waals surface area contributed by atoms with Crippen LogP contribution in [0.15, 0.2) is 62.5 Å². The maximum absolute atomic E-state index is 4.76. The van der Waals surface area contributed by atoms with Gasteiger partial charge in [0.1, 0.15) is 0 Å². The van der Waals surface area contributed by atoms with E-state index in [-0.39, 0.29) is 6.04 Å². The van der Waals surface area contributed by atoms with Gasteiger partial charge < -0.3 is 5.32 Å². The molecule has 5 heteroatoms. The van der Waals surface area contributed by atoms with Crippen LogP contribution in [0, 0.1) is 0 Å². The number of benzene rings is 2. The average molecular weight is 412 g/mol. The second-order valence-corrected chi connectivity index (χ2v) is 7.20. The monoisotopic (exact) mass is 410 g/mol. The molecule has 1 unspecified atom stereocenters. The SMILES string of the molecule is Brc1ccc(Br)c(NC2=NC(c3ccccc3)CS2)c1. The van der Waals surface area contributed by atoms with Crippen molar-refractivity contribution in [2.75, 3.05) is 11.1 Å². The molecule has 0 saturated carbocycles. The molecule has 20 heavy (non-hydrogen) atoms. The van der Waals surface area contributed by atoms with Gasteiger partial charge in [-0.05, 0) is 39.7 Å². The Morgan fingerprint density at radius 2 is 1.90 bits per heavy atom. The molecular formula is C15H12Br2N2S. The van der Waals surface area contributed by atoms with Crippen molar-refractivity contribution in [1.29, 1.82) is 0 Å². The Labute approximate surface area is 139 Å². The number of nitrogens with one attached hydrogen (secondary N) is 1. The Bertz CT molecular complexity index is 644. The van der Waals surface area contributed by atoms with Crippen LogP contribution in [0.2, 0.25) is 0 Å². The molecule has 0 bridgehead atoms. The number of amidine groups is 1. The van der Waals surface area contributed by atoms with Crippen LogP contribution >= 0.6 is 43.6 Å². The van der Waals surface area contributed by atoms with Crippen molar-refractivity contribution in [3.63, 3.8) is 0 Å². The lowest BCUT2D eigenvalue weighted by atomic mass is 10.1. The lowest BCUT2D eigenvalue weighted by molar-refractivity contribution is 0.849. The molecule has 2 aromatic carbocycles. The number of nitrogens with zero attached hydrogens (tertiary/aromatic N) is 1. The zero-order valence-electron chi connectivity index (χ0n) is 10.5. The summed E-state index contributed by atoms with van der Waals surface area (Å²) in [5.41, 5.74) is 2.30. The van der Waals surface area contributed by atoms with Gasteiger partial charge in [-0.3, -0.25) is 4.99 Å². The van der Waals surface area contributed by atoms with E-state index in [1.165, 1.54) is 5.56 Å². The van der Waals surface area contributed by atoms with E-state index in [0.29, 0.717) is 0 Å². The van der Waals surface area contributed by atoms with Gasteiger partial charge in [-0.1, -0.05) is 58.0 Å². The smallest absolute Gasteiger partial charge is 0.161 e. The number of hydrogen-bond donors (Lipinski definition) is 1. The Morgan fingerprint density at radius 1 is 1.10 bits per heavy atom. The molecule has 0 amide bonds. The maximum Gasteiger partial charge on any atom is 0.161 e. The first-order valence-corrected chi connectivity index (χ1v) is 8.77. The summed E-state index contributed by atoms with van der Waals surface area (Å²) in [5, 5.41) is 4.36. The highest BCUT2D eigenvalue weighted by molar-refractivity contribution is 9.11. The van der Waals surface area contributed by atoms with Gasteiger partial charge in [0, 0.05) is 14.7 Å². The number of aliphatic imine (C=N–C) groups is 1. The molecule has 1 atom stereocenters. The molecule has 1 aliphatic rings. The Morgan fingerprint density at radius 3 is 2.70 bits per heavy atom. The molecule has 0 aromatic heterocycles.